The van der Waals surface area contributed by atoms with Crippen molar-refractivity contribution in [2.24, 2.45) is 0 Å². The maximum absolute atomic E-state index is 4.88. The van der Waals surface area contributed by atoms with Crippen molar-refractivity contribution in [3.8, 4) is 0 Å². The number of thiophene rings is 1. The smallest absolute Gasteiger partial charge is 0.0937 e. The van der Waals surface area contributed by atoms with E-state index in [1.54, 1.807) is 23.9 Å². The zero-order valence-corrected chi connectivity index (χ0v) is 11.3. The third kappa shape index (κ3) is 4.23. The fourth-order valence-corrected chi connectivity index (χ4v) is 2.03. The molecule has 16 heavy (non-hydrogen) atoms. The molecule has 1 nitrogen and oxygen atoms in total. The van der Waals surface area contributed by atoms with Crippen molar-refractivity contribution >= 4 is 11.3 Å². The highest BCUT2D eigenvalue weighted by atomic mass is 32.1. The molecule has 0 aliphatic rings. The van der Waals surface area contributed by atoms with E-state index >= 15 is 0 Å². The molecule has 0 aliphatic heterocycles. The fourth-order valence-electron chi connectivity index (χ4n) is 1.21. The van der Waals surface area contributed by atoms with Crippen molar-refractivity contribution in [2.45, 2.75) is 39.5 Å². The number of rotatable bonds is 2. The van der Waals surface area contributed by atoms with Crippen LogP contribution in [0.5, 0.6) is 0 Å². The summed E-state index contributed by atoms with van der Waals surface area (Å²) in [5.74, 6) is 1.29. The molecule has 2 aromatic rings. The molecule has 0 aromatic carbocycles. The monoisotopic (exact) mass is 236 g/mol. The lowest BCUT2D eigenvalue weighted by atomic mass is 10.1. The van der Waals surface area contributed by atoms with Crippen LogP contribution in [0.4, 0.5) is 0 Å². The number of hydrogen-bond acceptors (Lipinski definition) is 2. The first-order valence-electron chi connectivity index (χ1n) is 5.65. The van der Waals surface area contributed by atoms with Gasteiger partial charge in [-0.1, -0.05) is 27.7 Å². The van der Waals surface area contributed by atoms with Crippen LogP contribution in [0.25, 0.3) is 0 Å². The molecule has 88 valence electrons. The molecule has 2 heterocycles. The zero-order valence-electron chi connectivity index (χ0n) is 10.4. The standard InChI is InChI=1S/C7H10O.C7H10S/c2*1-6(2)7-3-4-8-5-7/h2*3-6H,1-2H3. The van der Waals surface area contributed by atoms with E-state index in [0.717, 1.165) is 0 Å². The largest absolute Gasteiger partial charge is 0.472 e. The van der Waals surface area contributed by atoms with Crippen LogP contribution in [0.3, 0.4) is 0 Å². The Morgan fingerprint density at radius 3 is 1.94 bits per heavy atom. The Morgan fingerprint density at radius 2 is 1.69 bits per heavy atom. The fraction of sp³-hybridized carbons (Fsp3) is 0.429. The molecule has 0 spiro atoms. The van der Waals surface area contributed by atoms with Crippen molar-refractivity contribution in [1.82, 2.24) is 0 Å². The summed E-state index contributed by atoms with van der Waals surface area (Å²) in [7, 11) is 0. The molecule has 0 bridgehead atoms. The van der Waals surface area contributed by atoms with Gasteiger partial charge in [0.05, 0.1) is 12.5 Å². The van der Waals surface area contributed by atoms with Crippen molar-refractivity contribution in [3.63, 3.8) is 0 Å². The van der Waals surface area contributed by atoms with Crippen LogP contribution < -0.4 is 0 Å². The Morgan fingerprint density at radius 1 is 1.00 bits per heavy atom. The SMILES string of the molecule is CC(C)c1ccoc1.CC(C)c1ccsc1. The second-order valence-corrected chi connectivity index (χ2v) is 5.20. The van der Waals surface area contributed by atoms with Crippen molar-refractivity contribution in [1.29, 1.82) is 0 Å². The van der Waals surface area contributed by atoms with Crippen LogP contribution in [-0.4, -0.2) is 0 Å². The van der Waals surface area contributed by atoms with Crippen LogP contribution in [-0.2, 0) is 0 Å². The summed E-state index contributed by atoms with van der Waals surface area (Å²) in [6.45, 7) is 8.71. The Bertz CT molecular complexity index is 319. The molecule has 0 amide bonds. The second-order valence-electron chi connectivity index (χ2n) is 4.42. The number of hydrogen-bond donors (Lipinski definition) is 0. The van der Waals surface area contributed by atoms with Crippen molar-refractivity contribution < 1.29 is 4.42 Å². The van der Waals surface area contributed by atoms with Crippen molar-refractivity contribution in [2.75, 3.05) is 0 Å². The van der Waals surface area contributed by atoms with Gasteiger partial charge in [-0.2, -0.15) is 11.3 Å². The second kappa shape index (κ2) is 6.54. The lowest BCUT2D eigenvalue weighted by molar-refractivity contribution is 0.562. The third-order valence-corrected chi connectivity index (χ3v) is 3.12. The van der Waals surface area contributed by atoms with Gasteiger partial charge in [0, 0.05) is 0 Å². The summed E-state index contributed by atoms with van der Waals surface area (Å²) in [6.07, 6.45) is 3.49. The van der Waals surface area contributed by atoms with E-state index in [2.05, 4.69) is 44.5 Å². The maximum Gasteiger partial charge on any atom is 0.0937 e. The predicted molar refractivity (Wildman–Crippen MR) is 71.2 cm³/mol. The first kappa shape index (κ1) is 13.0. The molecule has 0 atom stereocenters. The Hall–Kier alpha value is -1.02. The third-order valence-electron chi connectivity index (χ3n) is 2.42. The van der Waals surface area contributed by atoms with Gasteiger partial charge in [-0.25, -0.2) is 0 Å². The van der Waals surface area contributed by atoms with E-state index in [1.165, 1.54) is 11.1 Å². The zero-order chi connectivity index (χ0) is 12.0. The summed E-state index contributed by atoms with van der Waals surface area (Å²) >= 11 is 1.77. The molecular weight excluding hydrogens is 216 g/mol. The minimum Gasteiger partial charge on any atom is -0.472 e. The van der Waals surface area contributed by atoms with Crippen LogP contribution >= 0.6 is 11.3 Å². The van der Waals surface area contributed by atoms with Gasteiger partial charge in [-0.15, -0.1) is 0 Å². The molecule has 0 fully saturated rings. The van der Waals surface area contributed by atoms with Crippen LogP contribution in [0, 0.1) is 0 Å². The first-order chi connectivity index (χ1) is 7.61. The summed E-state index contributed by atoms with van der Waals surface area (Å²) in [5.41, 5.74) is 2.72. The average molecular weight is 236 g/mol. The topological polar surface area (TPSA) is 13.1 Å². The highest BCUT2D eigenvalue weighted by Gasteiger charge is 1.96. The van der Waals surface area contributed by atoms with Crippen LogP contribution in [0.2, 0.25) is 0 Å². The average Bonchev–Trinajstić information content (AvgIpc) is 2.93. The van der Waals surface area contributed by atoms with Gasteiger partial charge >= 0.3 is 0 Å². The molecule has 0 saturated carbocycles. The quantitative estimate of drug-likeness (QED) is 0.692. The molecule has 0 unspecified atom stereocenters. The van der Waals surface area contributed by atoms with Gasteiger partial charge in [0.1, 0.15) is 0 Å². The summed E-state index contributed by atoms with van der Waals surface area (Å²) in [6, 6.07) is 4.17. The van der Waals surface area contributed by atoms with E-state index in [0.29, 0.717) is 11.8 Å². The summed E-state index contributed by atoms with van der Waals surface area (Å²) < 4.78 is 4.88. The van der Waals surface area contributed by atoms with Crippen molar-refractivity contribution in [3.05, 3.63) is 46.5 Å². The van der Waals surface area contributed by atoms with Gasteiger partial charge in [0.2, 0.25) is 0 Å². The van der Waals surface area contributed by atoms with Crippen LogP contribution in [0.15, 0.2) is 39.8 Å². The minimum absolute atomic E-state index is 0.591. The molecule has 2 rings (SSSR count). The molecule has 0 aliphatic carbocycles. The van der Waals surface area contributed by atoms with E-state index in [1.807, 2.05) is 6.07 Å². The summed E-state index contributed by atoms with van der Waals surface area (Å²) in [4.78, 5) is 0. The maximum atomic E-state index is 4.88. The van der Waals surface area contributed by atoms with Gasteiger partial charge in [0.25, 0.3) is 0 Å². The van der Waals surface area contributed by atoms with Gasteiger partial charge < -0.3 is 4.42 Å². The minimum atomic E-state index is 0.591. The Balaban J connectivity index is 0.000000160. The highest BCUT2D eigenvalue weighted by molar-refractivity contribution is 7.07. The molecule has 0 saturated heterocycles. The number of furan rings is 1. The lowest BCUT2D eigenvalue weighted by Gasteiger charge is -1.96. The molecule has 0 radical (unpaired) electrons. The van der Waals surface area contributed by atoms with Gasteiger partial charge in [0.15, 0.2) is 0 Å². The predicted octanol–water partition coefficient (Wildman–Crippen LogP) is 5.27. The van der Waals surface area contributed by atoms with E-state index < -0.39 is 0 Å². The Labute approximate surface area is 102 Å². The normalized spacial score (nSPS) is 10.4. The molecule has 2 aromatic heterocycles. The van der Waals surface area contributed by atoms with Gasteiger partial charge in [-0.3, -0.25) is 0 Å². The van der Waals surface area contributed by atoms with E-state index in [-0.39, 0.29) is 0 Å². The highest BCUT2D eigenvalue weighted by Crippen LogP contribution is 2.16. The van der Waals surface area contributed by atoms with Crippen LogP contribution in [0.1, 0.15) is 50.7 Å². The molecule has 0 N–H and O–H groups in total. The molecular formula is C14H20OS. The lowest BCUT2D eigenvalue weighted by Crippen LogP contribution is -1.79. The molecule has 2 heteroatoms. The summed E-state index contributed by atoms with van der Waals surface area (Å²) in [5, 5.41) is 4.32. The van der Waals surface area contributed by atoms with E-state index in [4.69, 9.17) is 4.42 Å². The van der Waals surface area contributed by atoms with Gasteiger partial charge in [-0.05, 0) is 45.9 Å². The Kier molecular flexibility index (Phi) is 5.33. The van der Waals surface area contributed by atoms with E-state index in [9.17, 15) is 0 Å². The first-order valence-corrected chi connectivity index (χ1v) is 6.59.